The van der Waals surface area contributed by atoms with Crippen LogP contribution in [0.2, 0.25) is 0 Å². The van der Waals surface area contributed by atoms with E-state index in [2.05, 4.69) is 0 Å². The molecular formula is C13H16NO3. The van der Waals surface area contributed by atoms with Gasteiger partial charge in [0.1, 0.15) is 0 Å². The third kappa shape index (κ3) is 2.75. The minimum absolute atomic E-state index is 0.0414. The molecule has 1 atom stereocenters. The maximum Gasteiger partial charge on any atom is 0.308 e. The fraction of sp³-hybridized carbons (Fsp3) is 0.462. The quantitative estimate of drug-likeness (QED) is 0.785. The molecule has 4 nitrogen and oxygen atoms in total. The average Bonchev–Trinajstić information content (AvgIpc) is 2.39. The summed E-state index contributed by atoms with van der Waals surface area (Å²) in [6.45, 7) is 1.00. The minimum Gasteiger partial charge on any atom is -0.481 e. The Morgan fingerprint density at radius 3 is 2.88 bits per heavy atom. The van der Waals surface area contributed by atoms with Gasteiger partial charge in [0.05, 0.1) is 5.92 Å². The van der Waals surface area contributed by atoms with Gasteiger partial charge in [-0.05, 0) is 25.7 Å². The van der Waals surface area contributed by atoms with Crippen LogP contribution in [0.3, 0.4) is 0 Å². The fourth-order valence-electron chi connectivity index (χ4n) is 2.22. The van der Waals surface area contributed by atoms with Crippen molar-refractivity contribution >= 4 is 11.9 Å². The summed E-state index contributed by atoms with van der Waals surface area (Å²) in [6, 6.07) is 0. The lowest BCUT2D eigenvalue weighted by atomic mass is 9.97. The van der Waals surface area contributed by atoms with Gasteiger partial charge in [0.15, 0.2) is 0 Å². The van der Waals surface area contributed by atoms with Gasteiger partial charge in [-0.25, -0.2) is 0 Å². The largest absolute Gasteiger partial charge is 0.481 e. The first-order valence-electron chi connectivity index (χ1n) is 5.90. The summed E-state index contributed by atoms with van der Waals surface area (Å²) in [4.78, 5) is 24.7. The molecule has 2 aliphatic rings. The first-order chi connectivity index (χ1) is 8.18. The Bertz CT molecular complexity index is 384. The Kier molecular flexibility index (Phi) is 3.61. The number of allylic oxidation sites excluding steroid dienone is 2. The van der Waals surface area contributed by atoms with Gasteiger partial charge in [-0.15, -0.1) is 0 Å². The Morgan fingerprint density at radius 2 is 2.24 bits per heavy atom. The van der Waals surface area contributed by atoms with Crippen LogP contribution in [0.25, 0.3) is 0 Å². The van der Waals surface area contributed by atoms with E-state index in [-0.39, 0.29) is 5.91 Å². The number of hydrogen-bond donors (Lipinski definition) is 1. The number of amides is 1. The Hall–Kier alpha value is -1.58. The topological polar surface area (TPSA) is 57.6 Å². The van der Waals surface area contributed by atoms with Gasteiger partial charge < -0.3 is 10.0 Å². The molecule has 4 heteroatoms. The van der Waals surface area contributed by atoms with Gasteiger partial charge in [0, 0.05) is 18.7 Å². The van der Waals surface area contributed by atoms with E-state index < -0.39 is 11.9 Å². The number of aliphatic carboxylic acids is 1. The molecule has 0 aromatic rings. The standard InChI is InChI=1S/C13H16NO3/c15-12(10-5-2-1-3-6-10)14-8-4-7-11(9-14)13(16)17/h1-2,5-6,11H,3-4,7-9H2,(H,16,17). The summed E-state index contributed by atoms with van der Waals surface area (Å²) in [5, 5.41) is 8.98. The molecule has 1 unspecified atom stereocenters. The Balaban J connectivity index is 2.02. The van der Waals surface area contributed by atoms with E-state index in [4.69, 9.17) is 5.11 Å². The lowest BCUT2D eigenvalue weighted by Gasteiger charge is -2.31. The highest BCUT2D eigenvalue weighted by molar-refractivity contribution is 5.96. The lowest BCUT2D eigenvalue weighted by Crippen LogP contribution is -2.42. The van der Waals surface area contributed by atoms with Crippen molar-refractivity contribution in [2.75, 3.05) is 13.1 Å². The molecule has 1 fully saturated rings. The van der Waals surface area contributed by atoms with Crippen molar-refractivity contribution in [2.45, 2.75) is 19.3 Å². The van der Waals surface area contributed by atoms with E-state index in [1.165, 1.54) is 0 Å². The van der Waals surface area contributed by atoms with Crippen LogP contribution in [0.1, 0.15) is 19.3 Å². The molecule has 1 heterocycles. The zero-order valence-electron chi connectivity index (χ0n) is 9.63. The van der Waals surface area contributed by atoms with Gasteiger partial charge in [-0.2, -0.15) is 0 Å². The predicted molar refractivity (Wildman–Crippen MR) is 63.1 cm³/mol. The zero-order chi connectivity index (χ0) is 12.3. The van der Waals surface area contributed by atoms with E-state index in [1.54, 1.807) is 11.0 Å². The second-order valence-corrected chi connectivity index (χ2v) is 4.42. The van der Waals surface area contributed by atoms with Crippen molar-refractivity contribution in [2.24, 2.45) is 5.92 Å². The van der Waals surface area contributed by atoms with Crippen LogP contribution in [0, 0.1) is 12.3 Å². The fourth-order valence-corrected chi connectivity index (χ4v) is 2.22. The van der Waals surface area contributed by atoms with Crippen LogP contribution in [0.5, 0.6) is 0 Å². The summed E-state index contributed by atoms with van der Waals surface area (Å²) in [5.41, 5.74) is 0.679. The summed E-state index contributed by atoms with van der Waals surface area (Å²) in [7, 11) is 0. The van der Waals surface area contributed by atoms with Gasteiger partial charge in [-0.1, -0.05) is 18.2 Å². The van der Waals surface area contributed by atoms with E-state index in [0.29, 0.717) is 25.1 Å². The van der Waals surface area contributed by atoms with Crippen LogP contribution in [-0.4, -0.2) is 35.0 Å². The number of carbonyl (C=O) groups excluding carboxylic acids is 1. The highest BCUT2D eigenvalue weighted by Gasteiger charge is 2.28. The van der Waals surface area contributed by atoms with Crippen LogP contribution < -0.4 is 0 Å². The predicted octanol–water partition coefficient (Wildman–Crippen LogP) is 1.40. The monoisotopic (exact) mass is 234 g/mol. The lowest BCUT2D eigenvalue weighted by molar-refractivity contribution is -0.145. The number of likely N-dealkylation sites (tertiary alicyclic amines) is 1. The zero-order valence-corrected chi connectivity index (χ0v) is 9.63. The summed E-state index contributed by atoms with van der Waals surface area (Å²) < 4.78 is 0. The molecule has 1 radical (unpaired) electrons. The van der Waals surface area contributed by atoms with Crippen molar-refractivity contribution < 1.29 is 14.7 Å². The number of nitrogens with zero attached hydrogens (tertiary/aromatic N) is 1. The third-order valence-electron chi connectivity index (χ3n) is 3.19. The van der Waals surface area contributed by atoms with Crippen LogP contribution >= 0.6 is 0 Å². The number of carboxylic acids is 1. The van der Waals surface area contributed by atoms with Crippen molar-refractivity contribution in [1.29, 1.82) is 0 Å². The normalized spacial score (nSPS) is 24.4. The number of carbonyl (C=O) groups is 2. The van der Waals surface area contributed by atoms with Crippen molar-refractivity contribution in [3.8, 4) is 0 Å². The summed E-state index contributed by atoms with van der Waals surface area (Å²) in [6.07, 6.45) is 9.73. The molecule has 1 aliphatic carbocycles. The minimum atomic E-state index is -0.802. The third-order valence-corrected chi connectivity index (χ3v) is 3.19. The first-order valence-corrected chi connectivity index (χ1v) is 5.90. The van der Waals surface area contributed by atoms with Gasteiger partial charge in [0.2, 0.25) is 0 Å². The summed E-state index contributed by atoms with van der Waals surface area (Å²) >= 11 is 0. The van der Waals surface area contributed by atoms with Gasteiger partial charge in [0.25, 0.3) is 5.91 Å². The second kappa shape index (κ2) is 5.17. The van der Waals surface area contributed by atoms with Gasteiger partial charge >= 0.3 is 5.97 Å². The molecule has 0 spiro atoms. The number of carboxylic acid groups (broad SMARTS) is 1. The maximum atomic E-state index is 12.1. The molecule has 0 aromatic carbocycles. The molecule has 0 aromatic heterocycles. The average molecular weight is 234 g/mol. The van der Waals surface area contributed by atoms with Crippen molar-refractivity contribution in [3.63, 3.8) is 0 Å². The molecular weight excluding hydrogens is 218 g/mol. The number of piperidine rings is 1. The molecule has 91 valence electrons. The molecule has 0 bridgehead atoms. The van der Waals surface area contributed by atoms with Crippen LogP contribution in [-0.2, 0) is 9.59 Å². The molecule has 2 rings (SSSR count). The SMILES string of the molecule is O=C(O)C1CCCN(C(=O)C2=CC[CH]C=C2)C1. The first kappa shape index (κ1) is 11.9. The molecule has 1 amide bonds. The maximum absolute atomic E-state index is 12.1. The second-order valence-electron chi connectivity index (χ2n) is 4.42. The smallest absolute Gasteiger partial charge is 0.308 e. The molecule has 1 N–H and O–H groups in total. The molecule has 1 saturated heterocycles. The van der Waals surface area contributed by atoms with E-state index in [0.717, 1.165) is 12.8 Å². The molecule has 17 heavy (non-hydrogen) atoms. The highest BCUT2D eigenvalue weighted by Crippen LogP contribution is 2.20. The molecule has 1 aliphatic heterocycles. The molecule has 0 saturated carbocycles. The van der Waals surface area contributed by atoms with Crippen molar-refractivity contribution in [1.82, 2.24) is 4.90 Å². The van der Waals surface area contributed by atoms with Gasteiger partial charge in [-0.3, -0.25) is 9.59 Å². The van der Waals surface area contributed by atoms with Crippen LogP contribution in [0.4, 0.5) is 0 Å². The summed E-state index contributed by atoms with van der Waals surface area (Å²) in [5.74, 6) is -1.25. The Labute approximate surface area is 101 Å². The van der Waals surface area contributed by atoms with E-state index >= 15 is 0 Å². The highest BCUT2D eigenvalue weighted by atomic mass is 16.4. The Morgan fingerprint density at radius 1 is 1.41 bits per heavy atom. The van der Waals surface area contributed by atoms with Crippen LogP contribution in [0.15, 0.2) is 23.8 Å². The number of hydrogen-bond acceptors (Lipinski definition) is 2. The van der Waals surface area contributed by atoms with Crippen molar-refractivity contribution in [3.05, 3.63) is 30.2 Å². The number of rotatable bonds is 2. The van der Waals surface area contributed by atoms with E-state index in [9.17, 15) is 9.59 Å². The van der Waals surface area contributed by atoms with E-state index in [1.807, 2.05) is 18.6 Å².